The van der Waals surface area contributed by atoms with E-state index in [9.17, 15) is 24.0 Å². The highest BCUT2D eigenvalue weighted by Gasteiger charge is 2.47. The van der Waals surface area contributed by atoms with E-state index in [2.05, 4.69) is 15.6 Å². The summed E-state index contributed by atoms with van der Waals surface area (Å²) in [5, 5.41) is 4.77. The van der Waals surface area contributed by atoms with Crippen LogP contribution < -0.4 is 10.6 Å². The van der Waals surface area contributed by atoms with E-state index in [-0.39, 0.29) is 34.0 Å². The minimum atomic E-state index is -1.21. The van der Waals surface area contributed by atoms with Crippen molar-refractivity contribution in [3.8, 4) is 0 Å². The van der Waals surface area contributed by atoms with Crippen LogP contribution in [0.3, 0.4) is 0 Å². The van der Waals surface area contributed by atoms with Gasteiger partial charge in [-0.3, -0.25) is 34.2 Å². The number of aromatic nitrogens is 1. The number of hydrogen-bond donors (Lipinski definition) is 2. The van der Waals surface area contributed by atoms with Gasteiger partial charge in [-0.1, -0.05) is 17.7 Å². The molecule has 2 N–H and O–H groups in total. The second-order valence-corrected chi connectivity index (χ2v) is 6.55. The maximum Gasteiger partial charge on any atom is 0.264 e. The zero-order valence-electron chi connectivity index (χ0n) is 14.1. The van der Waals surface area contributed by atoms with Crippen molar-refractivity contribution in [3.05, 3.63) is 58.4 Å². The summed E-state index contributed by atoms with van der Waals surface area (Å²) in [6, 6.07) is 5.98. The van der Waals surface area contributed by atoms with E-state index < -0.39 is 35.6 Å². The van der Waals surface area contributed by atoms with Gasteiger partial charge >= 0.3 is 0 Å². The van der Waals surface area contributed by atoms with Gasteiger partial charge < -0.3 is 5.32 Å². The Morgan fingerprint density at radius 2 is 1.96 bits per heavy atom. The lowest BCUT2D eigenvalue weighted by Gasteiger charge is -2.18. The summed E-state index contributed by atoms with van der Waals surface area (Å²) in [5.41, 5.74) is 0.337. The third-order valence-corrected chi connectivity index (χ3v) is 4.65. The number of rotatable bonds is 3. The van der Waals surface area contributed by atoms with E-state index in [0.29, 0.717) is 0 Å². The standard InChI is InChI=1S/C18H11ClN4O5/c19-12-6-8(4-5-20-12)15(25)21-10-3-1-2-9-14(10)18(28)23(17(9)27)11-7-13(24)22-16(11)26/h1-6,11H,7H2,(H,21,25)(H,22,24,26). The first kappa shape index (κ1) is 17.8. The number of anilines is 1. The summed E-state index contributed by atoms with van der Waals surface area (Å²) in [6.07, 6.45) is 1.07. The van der Waals surface area contributed by atoms with Gasteiger partial charge in [0.2, 0.25) is 11.8 Å². The minimum Gasteiger partial charge on any atom is -0.321 e. The summed E-state index contributed by atoms with van der Waals surface area (Å²) < 4.78 is 0. The number of pyridine rings is 1. The quantitative estimate of drug-likeness (QED) is 0.586. The van der Waals surface area contributed by atoms with Crippen molar-refractivity contribution in [1.29, 1.82) is 0 Å². The molecule has 0 aliphatic carbocycles. The molecule has 1 unspecified atom stereocenters. The Morgan fingerprint density at radius 3 is 2.64 bits per heavy atom. The molecule has 1 fully saturated rings. The molecule has 0 spiro atoms. The van der Waals surface area contributed by atoms with Crippen molar-refractivity contribution in [2.24, 2.45) is 0 Å². The van der Waals surface area contributed by atoms with Crippen LogP contribution in [-0.4, -0.2) is 45.5 Å². The topological polar surface area (TPSA) is 126 Å². The molecule has 1 atom stereocenters. The number of fused-ring (bicyclic) bond motifs is 1. The van der Waals surface area contributed by atoms with E-state index in [1.54, 1.807) is 0 Å². The third-order valence-electron chi connectivity index (χ3n) is 4.44. The largest absolute Gasteiger partial charge is 0.321 e. The normalized spacial score (nSPS) is 18.3. The SMILES string of the molecule is O=C1CC(N2C(=O)c3cccc(NC(=O)c4ccnc(Cl)c4)c3C2=O)C(=O)N1. The predicted octanol–water partition coefficient (Wildman–Crippen LogP) is 0.998. The molecular weight excluding hydrogens is 388 g/mol. The van der Waals surface area contributed by atoms with Crippen LogP contribution in [0.2, 0.25) is 5.15 Å². The smallest absolute Gasteiger partial charge is 0.264 e. The molecule has 10 heteroatoms. The van der Waals surface area contributed by atoms with Gasteiger partial charge in [0, 0.05) is 11.8 Å². The van der Waals surface area contributed by atoms with Gasteiger partial charge in [0.05, 0.1) is 23.2 Å². The molecule has 0 saturated carbocycles. The molecule has 2 aromatic rings. The van der Waals surface area contributed by atoms with E-state index in [1.807, 2.05) is 0 Å². The van der Waals surface area contributed by atoms with Gasteiger partial charge in [-0.15, -0.1) is 0 Å². The summed E-state index contributed by atoms with van der Waals surface area (Å²) in [6.45, 7) is 0. The molecule has 1 aromatic heterocycles. The van der Waals surface area contributed by atoms with Gasteiger partial charge in [0.25, 0.3) is 17.7 Å². The molecule has 0 radical (unpaired) electrons. The fourth-order valence-electron chi connectivity index (χ4n) is 3.18. The van der Waals surface area contributed by atoms with Crippen LogP contribution in [0.15, 0.2) is 36.5 Å². The number of benzene rings is 1. The molecule has 1 aromatic carbocycles. The summed E-state index contributed by atoms with van der Waals surface area (Å²) >= 11 is 5.78. The summed E-state index contributed by atoms with van der Waals surface area (Å²) in [7, 11) is 0. The van der Waals surface area contributed by atoms with Crippen LogP contribution in [0.25, 0.3) is 0 Å². The van der Waals surface area contributed by atoms with Crippen LogP contribution in [0.1, 0.15) is 37.5 Å². The van der Waals surface area contributed by atoms with Gasteiger partial charge in [-0.25, -0.2) is 4.98 Å². The van der Waals surface area contributed by atoms with Gasteiger partial charge in [0.1, 0.15) is 11.2 Å². The van der Waals surface area contributed by atoms with Crippen molar-refractivity contribution in [2.75, 3.05) is 5.32 Å². The van der Waals surface area contributed by atoms with Crippen LogP contribution >= 0.6 is 11.6 Å². The van der Waals surface area contributed by atoms with Crippen molar-refractivity contribution in [2.45, 2.75) is 12.5 Å². The molecule has 140 valence electrons. The maximum absolute atomic E-state index is 12.9. The Hall–Kier alpha value is -3.59. The van der Waals surface area contributed by atoms with E-state index >= 15 is 0 Å². The van der Waals surface area contributed by atoms with Crippen molar-refractivity contribution < 1.29 is 24.0 Å². The maximum atomic E-state index is 12.9. The van der Waals surface area contributed by atoms with Crippen molar-refractivity contribution >= 4 is 46.8 Å². The Bertz CT molecular complexity index is 1080. The van der Waals surface area contributed by atoms with E-state index in [0.717, 1.165) is 4.90 Å². The number of carbonyl (C=O) groups excluding carboxylic acids is 5. The van der Waals surface area contributed by atoms with Gasteiger partial charge in [-0.05, 0) is 24.3 Å². The molecule has 2 aliphatic rings. The van der Waals surface area contributed by atoms with E-state index in [1.165, 1.54) is 36.5 Å². The molecule has 3 heterocycles. The summed E-state index contributed by atoms with van der Waals surface area (Å²) in [5.74, 6) is -3.27. The van der Waals surface area contributed by atoms with Gasteiger partial charge in [-0.2, -0.15) is 0 Å². The minimum absolute atomic E-state index is 0.0341. The highest BCUT2D eigenvalue weighted by atomic mass is 35.5. The molecule has 2 aliphatic heterocycles. The van der Waals surface area contributed by atoms with E-state index in [4.69, 9.17) is 11.6 Å². The molecule has 1 saturated heterocycles. The fourth-order valence-corrected chi connectivity index (χ4v) is 3.35. The predicted molar refractivity (Wildman–Crippen MR) is 95.7 cm³/mol. The zero-order chi connectivity index (χ0) is 20.0. The van der Waals surface area contributed by atoms with Crippen LogP contribution in [-0.2, 0) is 9.59 Å². The van der Waals surface area contributed by atoms with Crippen molar-refractivity contribution in [1.82, 2.24) is 15.2 Å². The molecule has 0 bridgehead atoms. The molecule has 5 amide bonds. The fraction of sp³-hybridized carbons (Fsp3) is 0.111. The first-order valence-electron chi connectivity index (χ1n) is 8.14. The first-order valence-corrected chi connectivity index (χ1v) is 8.52. The summed E-state index contributed by atoms with van der Waals surface area (Å²) in [4.78, 5) is 65.9. The number of hydrogen-bond acceptors (Lipinski definition) is 6. The number of nitrogens with one attached hydrogen (secondary N) is 2. The average molecular weight is 399 g/mol. The second kappa shape index (κ2) is 6.54. The van der Waals surface area contributed by atoms with Gasteiger partial charge in [0.15, 0.2) is 0 Å². The number of nitrogens with zero attached hydrogens (tertiary/aromatic N) is 2. The number of imide groups is 2. The number of halogens is 1. The van der Waals surface area contributed by atoms with Crippen LogP contribution in [0, 0.1) is 0 Å². The lowest BCUT2D eigenvalue weighted by Crippen LogP contribution is -2.44. The molecule has 9 nitrogen and oxygen atoms in total. The second-order valence-electron chi connectivity index (χ2n) is 6.16. The van der Waals surface area contributed by atoms with Crippen molar-refractivity contribution in [3.63, 3.8) is 0 Å². The zero-order valence-corrected chi connectivity index (χ0v) is 14.8. The lowest BCUT2D eigenvalue weighted by molar-refractivity contribution is -0.125. The molecule has 4 rings (SSSR count). The Kier molecular flexibility index (Phi) is 4.16. The average Bonchev–Trinajstić information content (AvgIpc) is 3.11. The number of amides is 5. The Balaban J connectivity index is 1.67. The first-order chi connectivity index (χ1) is 13.4. The highest BCUT2D eigenvalue weighted by molar-refractivity contribution is 6.30. The highest BCUT2D eigenvalue weighted by Crippen LogP contribution is 2.32. The Labute approximate surface area is 162 Å². The molecule has 28 heavy (non-hydrogen) atoms. The monoisotopic (exact) mass is 398 g/mol. The number of carbonyl (C=O) groups is 5. The van der Waals surface area contributed by atoms with Crippen LogP contribution in [0.4, 0.5) is 5.69 Å². The van der Waals surface area contributed by atoms with Crippen LogP contribution in [0.5, 0.6) is 0 Å². The third kappa shape index (κ3) is 2.81. The lowest BCUT2D eigenvalue weighted by atomic mass is 10.1. The Morgan fingerprint density at radius 1 is 1.18 bits per heavy atom. The molecular formula is C18H11ClN4O5.